The van der Waals surface area contributed by atoms with Gasteiger partial charge in [-0.15, -0.1) is 0 Å². The molecule has 68 valence electrons. The van der Waals surface area contributed by atoms with E-state index >= 15 is 0 Å². The lowest BCUT2D eigenvalue weighted by Crippen LogP contribution is -2.55. The fourth-order valence-corrected chi connectivity index (χ4v) is 3.05. The minimum Gasteiger partial charge on any atom is -0.411 e. The third-order valence-corrected chi connectivity index (χ3v) is 4.26. The van der Waals surface area contributed by atoms with E-state index in [0.29, 0.717) is 11.3 Å². The fraction of sp³-hybridized carbons (Fsp3) is 0.900. The summed E-state index contributed by atoms with van der Waals surface area (Å²) in [5.74, 6) is 2.02. The van der Waals surface area contributed by atoms with Gasteiger partial charge in [0.1, 0.15) is 0 Å². The largest absolute Gasteiger partial charge is 0.411 e. The first kappa shape index (κ1) is 8.09. The van der Waals surface area contributed by atoms with Crippen molar-refractivity contribution in [1.82, 2.24) is 0 Å². The van der Waals surface area contributed by atoms with Crippen molar-refractivity contribution in [2.45, 2.75) is 33.6 Å². The molecule has 0 unspecified atom stereocenters. The molecule has 3 rings (SSSR count). The highest BCUT2D eigenvalue weighted by Crippen LogP contribution is 2.60. The third-order valence-electron chi connectivity index (χ3n) is 4.26. The molecule has 1 N–H and O–H groups in total. The summed E-state index contributed by atoms with van der Waals surface area (Å²) in [6.07, 6.45) is 2.36. The van der Waals surface area contributed by atoms with Crippen LogP contribution in [0, 0.1) is 23.2 Å². The van der Waals surface area contributed by atoms with Gasteiger partial charge >= 0.3 is 0 Å². The molecule has 3 saturated carbocycles. The number of oxime groups is 1. The topological polar surface area (TPSA) is 32.6 Å². The molecule has 2 bridgehead atoms. The maximum Gasteiger partial charge on any atom is 0.0604 e. The van der Waals surface area contributed by atoms with Crippen molar-refractivity contribution >= 4 is 5.71 Å². The van der Waals surface area contributed by atoms with Crippen LogP contribution < -0.4 is 0 Å². The zero-order valence-electron chi connectivity index (χ0n) is 8.04. The van der Waals surface area contributed by atoms with Gasteiger partial charge in [-0.25, -0.2) is 0 Å². The number of hydrogen-bond acceptors (Lipinski definition) is 2. The molecule has 3 aliphatic rings. The van der Waals surface area contributed by atoms with E-state index in [4.69, 9.17) is 5.21 Å². The Morgan fingerprint density at radius 1 is 1.50 bits per heavy atom. The maximum absolute atomic E-state index is 8.76. The van der Waals surface area contributed by atoms with Crippen molar-refractivity contribution in [2.75, 3.05) is 0 Å². The highest BCUT2D eigenvalue weighted by atomic mass is 16.4. The zero-order valence-corrected chi connectivity index (χ0v) is 8.04. The van der Waals surface area contributed by atoms with Crippen LogP contribution in [0.4, 0.5) is 0 Å². The van der Waals surface area contributed by atoms with Crippen LogP contribution >= 0.6 is 0 Å². The van der Waals surface area contributed by atoms with Crippen molar-refractivity contribution in [3.63, 3.8) is 0 Å². The van der Waals surface area contributed by atoms with E-state index in [-0.39, 0.29) is 0 Å². The first-order valence-electron chi connectivity index (χ1n) is 4.78. The molecule has 0 radical (unpaired) electrons. The average Bonchev–Trinajstić information content (AvgIpc) is 2.03. The summed E-state index contributed by atoms with van der Waals surface area (Å²) in [7, 11) is 0. The molecule has 3 aliphatic carbocycles. The molecular formula is C10H17NO. The van der Waals surface area contributed by atoms with E-state index < -0.39 is 0 Å². The highest BCUT2D eigenvalue weighted by Gasteiger charge is 2.55. The summed E-state index contributed by atoms with van der Waals surface area (Å²) in [6, 6.07) is 0. The summed E-state index contributed by atoms with van der Waals surface area (Å²) < 4.78 is 0. The lowest BCUT2D eigenvalue weighted by Gasteiger charge is -2.59. The van der Waals surface area contributed by atoms with Gasteiger partial charge in [0.25, 0.3) is 0 Å². The quantitative estimate of drug-likeness (QED) is 0.436. The summed E-state index contributed by atoms with van der Waals surface area (Å²) in [5.41, 5.74) is 1.52. The predicted molar refractivity (Wildman–Crippen MR) is 48.4 cm³/mol. The van der Waals surface area contributed by atoms with Crippen molar-refractivity contribution in [3.05, 3.63) is 0 Å². The van der Waals surface area contributed by atoms with Gasteiger partial charge in [-0.2, -0.15) is 0 Å². The number of nitrogens with zero attached hydrogens (tertiary/aromatic N) is 1. The summed E-state index contributed by atoms with van der Waals surface area (Å²) in [6.45, 7) is 6.88. The second kappa shape index (κ2) is 2.24. The van der Waals surface area contributed by atoms with Crippen LogP contribution in [-0.2, 0) is 0 Å². The van der Waals surface area contributed by atoms with Crippen LogP contribution in [0.1, 0.15) is 33.6 Å². The van der Waals surface area contributed by atoms with E-state index in [1.165, 1.54) is 6.42 Å². The van der Waals surface area contributed by atoms with E-state index in [1.807, 2.05) is 0 Å². The monoisotopic (exact) mass is 167 g/mol. The Bertz CT molecular complexity index is 232. The smallest absolute Gasteiger partial charge is 0.0604 e. The molecule has 0 amide bonds. The van der Waals surface area contributed by atoms with E-state index in [1.54, 1.807) is 0 Å². The van der Waals surface area contributed by atoms with Gasteiger partial charge in [0.15, 0.2) is 0 Å². The molecule has 0 heterocycles. The van der Waals surface area contributed by atoms with Crippen LogP contribution in [0.25, 0.3) is 0 Å². The second-order valence-corrected chi connectivity index (χ2v) is 4.94. The predicted octanol–water partition coefficient (Wildman–Crippen LogP) is 2.52. The lowest BCUT2D eigenvalue weighted by molar-refractivity contribution is -0.0534. The summed E-state index contributed by atoms with van der Waals surface area (Å²) in [4.78, 5) is 0. The number of fused-ring (bicyclic) bond motifs is 2. The van der Waals surface area contributed by atoms with E-state index in [0.717, 1.165) is 24.0 Å². The average molecular weight is 167 g/mol. The van der Waals surface area contributed by atoms with Crippen LogP contribution in [0.3, 0.4) is 0 Å². The van der Waals surface area contributed by atoms with Gasteiger partial charge in [-0.1, -0.05) is 25.9 Å². The maximum atomic E-state index is 8.76. The normalized spacial score (nSPS) is 47.2. The van der Waals surface area contributed by atoms with Gasteiger partial charge in [0.05, 0.1) is 5.71 Å². The molecule has 3 atom stereocenters. The van der Waals surface area contributed by atoms with Crippen LogP contribution in [0.5, 0.6) is 0 Å². The molecule has 2 nitrogen and oxygen atoms in total. The van der Waals surface area contributed by atoms with E-state index in [9.17, 15) is 0 Å². The second-order valence-electron chi connectivity index (χ2n) is 4.94. The summed E-state index contributed by atoms with van der Waals surface area (Å²) >= 11 is 0. The Labute approximate surface area is 73.7 Å². The fourth-order valence-electron chi connectivity index (χ4n) is 3.05. The molecular weight excluding hydrogens is 150 g/mol. The first-order valence-corrected chi connectivity index (χ1v) is 4.78. The van der Waals surface area contributed by atoms with Gasteiger partial charge in [0, 0.05) is 5.92 Å². The molecule has 12 heavy (non-hydrogen) atoms. The Balaban J connectivity index is 2.22. The molecule has 3 fully saturated rings. The third kappa shape index (κ3) is 0.782. The molecule has 0 saturated heterocycles. The lowest BCUT2D eigenvalue weighted by atomic mass is 9.45. The minimum atomic E-state index is 0.494. The Morgan fingerprint density at radius 3 is 2.58 bits per heavy atom. The Morgan fingerprint density at radius 2 is 2.17 bits per heavy atom. The van der Waals surface area contributed by atoms with Gasteiger partial charge in [-0.05, 0) is 30.1 Å². The molecule has 0 spiro atoms. The van der Waals surface area contributed by atoms with Crippen LogP contribution in [0.15, 0.2) is 5.16 Å². The van der Waals surface area contributed by atoms with E-state index in [2.05, 4.69) is 25.9 Å². The zero-order chi connectivity index (χ0) is 8.93. The molecule has 0 aromatic rings. The van der Waals surface area contributed by atoms with Crippen molar-refractivity contribution in [3.8, 4) is 0 Å². The molecule has 0 aliphatic heterocycles. The van der Waals surface area contributed by atoms with Crippen LogP contribution in [0.2, 0.25) is 0 Å². The number of hydrogen-bond donors (Lipinski definition) is 1. The first-order chi connectivity index (χ1) is 5.57. The Hall–Kier alpha value is -0.530. The number of rotatable bonds is 0. The summed E-state index contributed by atoms with van der Waals surface area (Å²) in [5, 5.41) is 12.1. The van der Waals surface area contributed by atoms with Gasteiger partial charge < -0.3 is 5.21 Å². The highest BCUT2D eigenvalue weighted by molar-refractivity contribution is 5.88. The Kier molecular flexibility index (Phi) is 1.51. The van der Waals surface area contributed by atoms with Gasteiger partial charge in [0.2, 0.25) is 0 Å². The van der Waals surface area contributed by atoms with Crippen LogP contribution in [-0.4, -0.2) is 10.9 Å². The molecule has 0 aromatic heterocycles. The standard InChI is InChI=1S/C10H17NO/c1-6-8-4-7(10(8,2)3)5-9(6)11-12/h6-8,12H,4-5H2,1-3H3/t6-,7-,8+/m0/s1. The van der Waals surface area contributed by atoms with Crippen molar-refractivity contribution in [2.24, 2.45) is 28.3 Å². The molecule has 0 aromatic carbocycles. The molecule has 2 heteroatoms. The van der Waals surface area contributed by atoms with Gasteiger partial charge in [-0.3, -0.25) is 0 Å². The van der Waals surface area contributed by atoms with Crippen molar-refractivity contribution < 1.29 is 5.21 Å². The SMILES string of the molecule is C[C@@H]1C(=NO)C[C@@H]2C[C@H]1C2(C)C. The minimum absolute atomic E-state index is 0.494. The van der Waals surface area contributed by atoms with Crippen molar-refractivity contribution in [1.29, 1.82) is 0 Å².